The smallest absolute Gasteiger partial charge is 0.493 e. The number of alkyl halides is 3. The summed E-state index contributed by atoms with van der Waals surface area (Å²) in [6, 6.07) is 18.0. The maximum absolute atomic E-state index is 13.0. The van der Waals surface area contributed by atoms with Crippen molar-refractivity contribution in [2.24, 2.45) is 0 Å². The van der Waals surface area contributed by atoms with Crippen molar-refractivity contribution in [2.75, 3.05) is 18.1 Å². The van der Waals surface area contributed by atoms with Gasteiger partial charge in [-0.25, -0.2) is 0 Å². The Hall–Kier alpha value is -4.01. The van der Waals surface area contributed by atoms with Crippen LogP contribution in [-0.4, -0.2) is 31.5 Å². The number of anilines is 1. The Balaban J connectivity index is 1.40. The first-order valence-corrected chi connectivity index (χ1v) is 11.4. The normalized spacial score (nSPS) is 12.9. The van der Waals surface area contributed by atoms with Crippen molar-refractivity contribution in [3.05, 3.63) is 89.0 Å². The molecule has 0 aromatic heterocycles. The fraction of sp³-hybridized carbons (Fsp3) is 0.259. The summed E-state index contributed by atoms with van der Waals surface area (Å²) < 4.78 is 52.1. The minimum Gasteiger partial charge on any atom is -0.493 e. The van der Waals surface area contributed by atoms with E-state index in [0.29, 0.717) is 42.2 Å². The van der Waals surface area contributed by atoms with E-state index < -0.39 is 6.36 Å². The van der Waals surface area contributed by atoms with Crippen molar-refractivity contribution < 1.29 is 37.0 Å². The van der Waals surface area contributed by atoms with Gasteiger partial charge < -0.3 is 19.1 Å². The van der Waals surface area contributed by atoms with Gasteiger partial charge >= 0.3 is 12.3 Å². The van der Waals surface area contributed by atoms with Gasteiger partial charge in [0.05, 0.1) is 26.2 Å². The fourth-order valence-electron chi connectivity index (χ4n) is 4.03. The Labute approximate surface area is 206 Å². The number of carbonyl (C=O) groups is 2. The van der Waals surface area contributed by atoms with Crippen LogP contribution in [0.2, 0.25) is 0 Å². The lowest BCUT2D eigenvalue weighted by atomic mass is 10.1. The van der Waals surface area contributed by atoms with E-state index in [0.717, 1.165) is 11.1 Å². The average Bonchev–Trinajstić information content (AvgIpc) is 3.16. The lowest BCUT2D eigenvalue weighted by Crippen LogP contribution is -2.23. The zero-order chi connectivity index (χ0) is 25.7. The summed E-state index contributed by atoms with van der Waals surface area (Å²) >= 11 is 0. The van der Waals surface area contributed by atoms with Crippen LogP contribution in [0.3, 0.4) is 0 Å². The Morgan fingerprint density at radius 2 is 1.72 bits per heavy atom. The SMILES string of the molecule is CCOC(=O)Cc1cccc(CCOc2cccc3c2CN(c2ccc(OC(F)(F)F)cc2)C3=O)c1. The number of halogens is 3. The molecule has 9 heteroatoms. The van der Waals surface area contributed by atoms with Crippen molar-refractivity contribution in [1.29, 1.82) is 0 Å². The highest BCUT2D eigenvalue weighted by Crippen LogP contribution is 2.35. The van der Waals surface area contributed by atoms with Gasteiger partial charge in [-0.1, -0.05) is 30.3 Å². The van der Waals surface area contributed by atoms with Crippen molar-refractivity contribution in [3.8, 4) is 11.5 Å². The molecule has 0 saturated carbocycles. The molecule has 0 unspecified atom stereocenters. The molecule has 0 bridgehead atoms. The van der Waals surface area contributed by atoms with Crippen LogP contribution in [0.5, 0.6) is 11.5 Å². The van der Waals surface area contributed by atoms with Crippen molar-refractivity contribution in [2.45, 2.75) is 32.7 Å². The van der Waals surface area contributed by atoms with Gasteiger partial charge in [0.15, 0.2) is 0 Å². The topological polar surface area (TPSA) is 65.1 Å². The molecule has 1 aliphatic heterocycles. The summed E-state index contributed by atoms with van der Waals surface area (Å²) in [5, 5.41) is 0. The van der Waals surface area contributed by atoms with Gasteiger partial charge in [0, 0.05) is 23.2 Å². The number of amides is 1. The lowest BCUT2D eigenvalue weighted by Gasteiger charge is -2.17. The van der Waals surface area contributed by atoms with Gasteiger partial charge in [-0.05, 0) is 54.4 Å². The summed E-state index contributed by atoms with van der Waals surface area (Å²) in [6.07, 6.45) is -3.98. The second kappa shape index (κ2) is 10.7. The molecule has 0 fully saturated rings. The molecule has 1 aliphatic rings. The molecule has 0 radical (unpaired) electrons. The molecule has 36 heavy (non-hydrogen) atoms. The predicted octanol–water partition coefficient (Wildman–Crippen LogP) is 5.47. The van der Waals surface area contributed by atoms with E-state index in [1.165, 1.54) is 29.2 Å². The molecule has 6 nitrogen and oxygen atoms in total. The average molecular weight is 499 g/mol. The predicted molar refractivity (Wildman–Crippen MR) is 126 cm³/mol. The minimum atomic E-state index is -4.78. The van der Waals surface area contributed by atoms with Crippen LogP contribution in [0.15, 0.2) is 66.7 Å². The molecule has 0 N–H and O–H groups in total. The van der Waals surface area contributed by atoms with Gasteiger partial charge in [-0.2, -0.15) is 0 Å². The maximum Gasteiger partial charge on any atom is 0.573 e. The van der Waals surface area contributed by atoms with Crippen molar-refractivity contribution in [3.63, 3.8) is 0 Å². The molecule has 0 spiro atoms. The van der Waals surface area contributed by atoms with Crippen LogP contribution < -0.4 is 14.4 Å². The van der Waals surface area contributed by atoms with E-state index in [9.17, 15) is 22.8 Å². The third-order valence-corrected chi connectivity index (χ3v) is 5.60. The van der Waals surface area contributed by atoms with Gasteiger partial charge in [-0.15, -0.1) is 13.2 Å². The van der Waals surface area contributed by atoms with Crippen molar-refractivity contribution in [1.82, 2.24) is 0 Å². The first-order chi connectivity index (χ1) is 17.2. The van der Waals surface area contributed by atoms with Gasteiger partial charge in [0.1, 0.15) is 11.5 Å². The largest absolute Gasteiger partial charge is 0.573 e. The van der Waals surface area contributed by atoms with Gasteiger partial charge in [0.2, 0.25) is 0 Å². The maximum atomic E-state index is 13.0. The van der Waals surface area contributed by atoms with Crippen LogP contribution in [0.1, 0.15) is 34.0 Å². The minimum absolute atomic E-state index is 0.204. The Morgan fingerprint density at radius 3 is 2.44 bits per heavy atom. The number of fused-ring (bicyclic) bond motifs is 1. The van der Waals surface area contributed by atoms with Crippen LogP contribution in [0.25, 0.3) is 0 Å². The molecular weight excluding hydrogens is 475 g/mol. The molecule has 1 amide bonds. The summed E-state index contributed by atoms with van der Waals surface area (Å²) in [7, 11) is 0. The molecule has 3 aromatic carbocycles. The molecule has 4 rings (SSSR count). The van der Waals surface area contributed by atoms with Crippen LogP contribution >= 0.6 is 0 Å². The zero-order valence-electron chi connectivity index (χ0n) is 19.5. The van der Waals surface area contributed by atoms with E-state index in [1.807, 2.05) is 24.3 Å². The first-order valence-electron chi connectivity index (χ1n) is 11.4. The van der Waals surface area contributed by atoms with Gasteiger partial charge in [-0.3, -0.25) is 9.59 Å². The van der Waals surface area contributed by atoms with E-state index in [-0.39, 0.29) is 30.6 Å². The molecule has 0 atom stereocenters. The first kappa shape index (κ1) is 25.1. The molecule has 188 valence electrons. The van der Waals surface area contributed by atoms with E-state index in [4.69, 9.17) is 9.47 Å². The number of ether oxygens (including phenoxy) is 3. The molecular formula is C27H24F3NO5. The Morgan fingerprint density at radius 1 is 1.00 bits per heavy atom. The lowest BCUT2D eigenvalue weighted by molar-refractivity contribution is -0.274. The zero-order valence-corrected chi connectivity index (χ0v) is 19.5. The highest BCUT2D eigenvalue weighted by Gasteiger charge is 2.33. The van der Waals surface area contributed by atoms with E-state index >= 15 is 0 Å². The summed E-state index contributed by atoms with van der Waals surface area (Å²) in [6.45, 7) is 2.70. The second-order valence-electron chi connectivity index (χ2n) is 8.12. The second-order valence-corrected chi connectivity index (χ2v) is 8.12. The molecule has 0 saturated heterocycles. The highest BCUT2D eigenvalue weighted by molar-refractivity contribution is 6.10. The van der Waals surface area contributed by atoms with Gasteiger partial charge in [0.25, 0.3) is 5.91 Å². The van der Waals surface area contributed by atoms with Crippen LogP contribution in [-0.2, 0) is 28.9 Å². The number of esters is 1. The third kappa shape index (κ3) is 6.16. The number of carbonyl (C=O) groups excluding carboxylic acids is 2. The van der Waals surface area contributed by atoms with Crippen molar-refractivity contribution >= 4 is 17.6 Å². The standard InChI is InChI=1S/C27H24F3NO5/c1-2-34-25(32)16-19-6-3-5-18(15-19)13-14-35-24-8-4-7-22-23(24)17-31(26(22)33)20-9-11-21(12-10-20)36-27(28,29)30/h3-12,15H,2,13-14,16-17H2,1H3. The monoisotopic (exact) mass is 499 g/mol. The summed E-state index contributed by atoms with van der Waals surface area (Å²) in [5.74, 6) is -0.317. The Kier molecular flexibility index (Phi) is 7.47. The molecule has 1 heterocycles. The number of nitrogens with zero attached hydrogens (tertiary/aromatic N) is 1. The number of hydrogen-bond donors (Lipinski definition) is 0. The molecule has 3 aromatic rings. The van der Waals surface area contributed by atoms with Crippen LogP contribution in [0, 0.1) is 0 Å². The number of hydrogen-bond acceptors (Lipinski definition) is 5. The Bertz CT molecular complexity index is 1240. The fourth-order valence-corrected chi connectivity index (χ4v) is 4.03. The van der Waals surface area contributed by atoms with E-state index in [2.05, 4.69) is 4.74 Å². The number of rotatable bonds is 9. The number of benzene rings is 3. The summed E-state index contributed by atoms with van der Waals surface area (Å²) in [4.78, 5) is 26.2. The van der Waals surface area contributed by atoms with E-state index in [1.54, 1.807) is 25.1 Å². The quantitative estimate of drug-likeness (QED) is 0.365. The highest BCUT2D eigenvalue weighted by atomic mass is 19.4. The third-order valence-electron chi connectivity index (χ3n) is 5.60. The van der Waals surface area contributed by atoms with Crippen LogP contribution in [0.4, 0.5) is 18.9 Å². The summed E-state index contributed by atoms with van der Waals surface area (Å²) in [5.41, 5.74) is 3.52. The molecule has 0 aliphatic carbocycles.